The average molecular weight is 385 g/mol. The summed E-state index contributed by atoms with van der Waals surface area (Å²) in [4.78, 5) is 23.4. The Kier molecular flexibility index (Phi) is 8.71. The lowest BCUT2D eigenvalue weighted by molar-refractivity contribution is -0.113. The molecule has 0 bridgehead atoms. The molecule has 28 heavy (non-hydrogen) atoms. The van der Waals surface area contributed by atoms with E-state index in [-0.39, 0.29) is 11.6 Å². The molecule has 0 unspecified atom stereocenters. The Morgan fingerprint density at radius 3 is 2.61 bits per heavy atom. The molecule has 0 aliphatic carbocycles. The molecule has 1 aromatic carbocycles. The van der Waals surface area contributed by atoms with E-state index in [1.807, 2.05) is 30.3 Å². The van der Waals surface area contributed by atoms with Crippen molar-refractivity contribution in [2.75, 3.05) is 6.54 Å². The summed E-state index contributed by atoms with van der Waals surface area (Å²) in [6.45, 7) is 2.67. The quantitative estimate of drug-likeness (QED) is 0.405. The van der Waals surface area contributed by atoms with Crippen molar-refractivity contribution < 1.29 is 14.0 Å². The number of hydrogen-bond donors (Lipinski definition) is 3. The highest BCUT2D eigenvalue weighted by molar-refractivity contribution is 5.96. The van der Waals surface area contributed by atoms with Crippen molar-refractivity contribution in [2.24, 2.45) is 5.73 Å². The Hall–Kier alpha value is -3.16. The standard InChI is InChI=1S/C20H27N5O3/c1-2-3-4-8-13-22-20(27)23-16(14-17(21)26)19-25-24-18(28-19)12-11-15-9-6-5-7-10-15/h5-7,9-10,14H,2-4,8,11-13H2,1H3,(H2,21,26)(H2,22,23,27)/b16-14+. The number of nitrogens with one attached hydrogen (secondary N) is 2. The van der Waals surface area contributed by atoms with E-state index in [0.717, 1.165) is 43.7 Å². The molecule has 8 nitrogen and oxygen atoms in total. The van der Waals surface area contributed by atoms with Gasteiger partial charge in [-0.05, 0) is 18.4 Å². The van der Waals surface area contributed by atoms with E-state index >= 15 is 0 Å². The summed E-state index contributed by atoms with van der Waals surface area (Å²) < 4.78 is 5.59. The number of amides is 3. The molecule has 1 heterocycles. The zero-order chi connectivity index (χ0) is 20.2. The molecule has 0 aliphatic heterocycles. The van der Waals surface area contributed by atoms with Gasteiger partial charge in [-0.25, -0.2) is 4.79 Å². The zero-order valence-corrected chi connectivity index (χ0v) is 16.1. The van der Waals surface area contributed by atoms with Crippen LogP contribution in [0.3, 0.4) is 0 Å². The summed E-state index contributed by atoms with van der Waals surface area (Å²) in [5, 5.41) is 13.2. The van der Waals surface area contributed by atoms with Crippen LogP contribution >= 0.6 is 0 Å². The van der Waals surface area contributed by atoms with Crippen LogP contribution in [0.1, 0.15) is 50.0 Å². The monoisotopic (exact) mass is 385 g/mol. The molecular formula is C20H27N5O3. The number of aryl methyl sites for hydroxylation is 2. The van der Waals surface area contributed by atoms with Crippen molar-refractivity contribution in [2.45, 2.75) is 45.4 Å². The Labute approximate surface area is 164 Å². The summed E-state index contributed by atoms with van der Waals surface area (Å²) in [5.74, 6) is -0.263. The summed E-state index contributed by atoms with van der Waals surface area (Å²) >= 11 is 0. The second-order valence-electron chi connectivity index (χ2n) is 6.39. The summed E-state index contributed by atoms with van der Waals surface area (Å²) in [7, 11) is 0. The van der Waals surface area contributed by atoms with Crippen molar-refractivity contribution in [3.8, 4) is 0 Å². The number of carbonyl (C=O) groups is 2. The van der Waals surface area contributed by atoms with Gasteiger partial charge in [0.2, 0.25) is 11.8 Å². The van der Waals surface area contributed by atoms with E-state index in [9.17, 15) is 9.59 Å². The number of benzene rings is 1. The van der Waals surface area contributed by atoms with Crippen LogP contribution in [0.4, 0.5) is 4.79 Å². The van der Waals surface area contributed by atoms with Crippen LogP contribution in [0.2, 0.25) is 0 Å². The Morgan fingerprint density at radius 2 is 1.89 bits per heavy atom. The summed E-state index contributed by atoms with van der Waals surface area (Å²) in [6.07, 6.45) is 6.54. The fourth-order valence-electron chi connectivity index (χ4n) is 2.57. The van der Waals surface area contributed by atoms with Crippen LogP contribution in [0.5, 0.6) is 0 Å². The fraction of sp³-hybridized carbons (Fsp3) is 0.400. The van der Waals surface area contributed by atoms with Gasteiger partial charge in [0.05, 0.1) is 0 Å². The molecule has 2 aromatic rings. The number of nitrogens with zero attached hydrogens (tertiary/aromatic N) is 2. The number of urea groups is 1. The van der Waals surface area contributed by atoms with Gasteiger partial charge in [-0.1, -0.05) is 56.5 Å². The molecule has 3 amide bonds. The van der Waals surface area contributed by atoms with Gasteiger partial charge in [0.25, 0.3) is 5.89 Å². The van der Waals surface area contributed by atoms with Gasteiger partial charge < -0.3 is 20.8 Å². The molecule has 1 aromatic heterocycles. The van der Waals surface area contributed by atoms with E-state index < -0.39 is 11.9 Å². The minimum Gasteiger partial charge on any atom is -0.419 e. The van der Waals surface area contributed by atoms with Crippen LogP contribution in [0.15, 0.2) is 40.8 Å². The topological polar surface area (TPSA) is 123 Å². The lowest BCUT2D eigenvalue weighted by atomic mass is 10.1. The fourth-order valence-corrected chi connectivity index (χ4v) is 2.57. The lowest BCUT2D eigenvalue weighted by Gasteiger charge is -2.08. The van der Waals surface area contributed by atoms with E-state index in [4.69, 9.17) is 10.2 Å². The molecule has 0 saturated heterocycles. The van der Waals surface area contributed by atoms with Crippen LogP contribution in [-0.4, -0.2) is 28.7 Å². The highest BCUT2D eigenvalue weighted by Gasteiger charge is 2.15. The summed E-state index contributed by atoms with van der Waals surface area (Å²) in [5.41, 5.74) is 6.46. The van der Waals surface area contributed by atoms with Crippen molar-refractivity contribution in [1.29, 1.82) is 0 Å². The first-order chi connectivity index (χ1) is 13.6. The average Bonchev–Trinajstić information content (AvgIpc) is 3.15. The second kappa shape index (κ2) is 11.5. The normalized spacial score (nSPS) is 11.2. The predicted octanol–water partition coefficient (Wildman–Crippen LogP) is 2.56. The first-order valence-electron chi connectivity index (χ1n) is 9.51. The molecule has 4 N–H and O–H groups in total. The van der Waals surface area contributed by atoms with Gasteiger partial charge in [-0.3, -0.25) is 4.79 Å². The lowest BCUT2D eigenvalue weighted by Crippen LogP contribution is -2.35. The number of aromatic nitrogens is 2. The van der Waals surface area contributed by atoms with Gasteiger partial charge in [0.15, 0.2) is 0 Å². The van der Waals surface area contributed by atoms with Gasteiger partial charge >= 0.3 is 6.03 Å². The molecule has 8 heteroatoms. The summed E-state index contributed by atoms with van der Waals surface area (Å²) in [6, 6.07) is 9.47. The number of hydrogen-bond acceptors (Lipinski definition) is 5. The third-order valence-corrected chi connectivity index (χ3v) is 4.02. The molecule has 0 saturated carbocycles. The Morgan fingerprint density at radius 1 is 1.11 bits per heavy atom. The molecule has 150 valence electrons. The van der Waals surface area contributed by atoms with Crippen LogP contribution in [0.25, 0.3) is 5.70 Å². The van der Waals surface area contributed by atoms with Gasteiger partial charge in [0, 0.05) is 19.0 Å². The SMILES string of the molecule is CCCCCCNC(=O)N/C(=C/C(N)=O)c1nnc(CCc2ccccc2)o1. The maximum atomic E-state index is 12.1. The smallest absolute Gasteiger partial charge is 0.319 e. The highest BCUT2D eigenvalue weighted by atomic mass is 16.4. The molecule has 2 rings (SSSR count). The molecule has 0 fully saturated rings. The van der Waals surface area contributed by atoms with Crippen molar-refractivity contribution >= 4 is 17.6 Å². The molecule has 0 spiro atoms. The first kappa shape index (κ1) is 21.1. The largest absolute Gasteiger partial charge is 0.419 e. The first-order valence-corrected chi connectivity index (χ1v) is 9.51. The van der Waals surface area contributed by atoms with E-state index in [2.05, 4.69) is 27.8 Å². The van der Waals surface area contributed by atoms with E-state index in [1.54, 1.807) is 0 Å². The predicted molar refractivity (Wildman–Crippen MR) is 106 cm³/mol. The number of rotatable bonds is 11. The second-order valence-corrected chi connectivity index (χ2v) is 6.39. The number of primary amides is 1. The zero-order valence-electron chi connectivity index (χ0n) is 16.1. The number of nitrogens with two attached hydrogens (primary N) is 1. The van der Waals surface area contributed by atoms with Crippen LogP contribution in [-0.2, 0) is 17.6 Å². The molecule has 0 atom stereocenters. The van der Waals surface area contributed by atoms with Crippen molar-refractivity contribution in [3.63, 3.8) is 0 Å². The van der Waals surface area contributed by atoms with Crippen molar-refractivity contribution in [3.05, 3.63) is 53.8 Å². The van der Waals surface area contributed by atoms with Crippen LogP contribution < -0.4 is 16.4 Å². The third-order valence-electron chi connectivity index (χ3n) is 4.02. The minimum atomic E-state index is -0.720. The van der Waals surface area contributed by atoms with E-state index in [1.165, 1.54) is 0 Å². The van der Waals surface area contributed by atoms with Gasteiger partial charge in [-0.2, -0.15) is 0 Å². The van der Waals surface area contributed by atoms with Crippen molar-refractivity contribution in [1.82, 2.24) is 20.8 Å². The van der Waals surface area contributed by atoms with Gasteiger partial charge in [0.1, 0.15) is 5.70 Å². The number of unbranched alkanes of at least 4 members (excludes halogenated alkanes) is 3. The van der Waals surface area contributed by atoms with Crippen LogP contribution in [0, 0.1) is 0 Å². The van der Waals surface area contributed by atoms with E-state index in [0.29, 0.717) is 18.9 Å². The molecular weight excluding hydrogens is 358 g/mol. The highest BCUT2D eigenvalue weighted by Crippen LogP contribution is 2.12. The maximum Gasteiger partial charge on any atom is 0.319 e. The molecule has 0 radical (unpaired) electrons. The Bertz CT molecular complexity index is 786. The number of carbonyl (C=O) groups excluding carboxylic acids is 2. The molecule has 0 aliphatic rings. The Balaban J connectivity index is 1.93. The maximum absolute atomic E-state index is 12.1. The van der Waals surface area contributed by atoms with Gasteiger partial charge in [-0.15, -0.1) is 10.2 Å². The third kappa shape index (κ3) is 7.61. The minimum absolute atomic E-state index is 0.0444.